The van der Waals surface area contributed by atoms with Crippen LogP contribution in [0.4, 0.5) is 51.8 Å². The molecule has 0 fully saturated rings. The van der Waals surface area contributed by atoms with Gasteiger partial charge >= 0.3 is 21.8 Å². The molecule has 0 atom stereocenters. The van der Waals surface area contributed by atoms with Crippen LogP contribution in [0.3, 0.4) is 0 Å². The molecular formula is C8H18B3F12N2-3. The van der Waals surface area contributed by atoms with Crippen molar-refractivity contribution in [3.8, 4) is 0 Å². The lowest BCUT2D eigenvalue weighted by Gasteiger charge is -2.14. The second-order valence-electron chi connectivity index (χ2n) is 3.59. The molecule has 2 nitrogen and oxygen atoms in total. The van der Waals surface area contributed by atoms with Gasteiger partial charge in [0.05, 0.1) is 6.67 Å². The van der Waals surface area contributed by atoms with Gasteiger partial charge in [-0.2, -0.15) is 0 Å². The molecule has 0 radical (unpaired) electrons. The minimum atomic E-state index is -6.00. The Hall–Kier alpha value is -1.31. The largest absolute Gasteiger partial charge is 0.673 e. The van der Waals surface area contributed by atoms with E-state index < -0.39 is 21.8 Å². The van der Waals surface area contributed by atoms with Gasteiger partial charge in [-0.25, -0.2) is 0 Å². The summed E-state index contributed by atoms with van der Waals surface area (Å²) in [5, 5.41) is 0. The first-order valence-electron chi connectivity index (χ1n) is 6.57. The lowest BCUT2D eigenvalue weighted by atomic mass is 10.3. The normalized spacial score (nSPS) is 13.3. The van der Waals surface area contributed by atoms with Crippen molar-refractivity contribution in [1.82, 2.24) is 9.80 Å². The minimum absolute atomic E-state index is 1.05. The number of rotatable bonds is 1. The average molecular weight is 403 g/mol. The molecule has 0 amide bonds. The monoisotopic (exact) mass is 403 g/mol. The fourth-order valence-electron chi connectivity index (χ4n) is 0.794. The van der Waals surface area contributed by atoms with Crippen LogP contribution in [0.5, 0.6) is 0 Å². The van der Waals surface area contributed by atoms with Crippen LogP contribution in [-0.2, 0) is 0 Å². The highest BCUT2D eigenvalue weighted by Gasteiger charge is 2.21. The van der Waals surface area contributed by atoms with Crippen LogP contribution >= 0.6 is 0 Å². The maximum absolute atomic E-state index is 9.75. The van der Waals surface area contributed by atoms with E-state index in [1.54, 1.807) is 0 Å². The van der Waals surface area contributed by atoms with Crippen LogP contribution in [-0.4, -0.2) is 51.8 Å². The van der Waals surface area contributed by atoms with Crippen LogP contribution in [0.1, 0.15) is 20.8 Å². The molecular weight excluding hydrogens is 385 g/mol. The third-order valence-electron chi connectivity index (χ3n) is 1.34. The van der Waals surface area contributed by atoms with E-state index in [0.29, 0.717) is 0 Å². The van der Waals surface area contributed by atoms with Crippen molar-refractivity contribution in [3.63, 3.8) is 0 Å². The zero-order chi connectivity index (χ0) is 21.5. The molecule has 1 aliphatic rings. The molecule has 0 spiro atoms. The van der Waals surface area contributed by atoms with Crippen molar-refractivity contribution in [2.24, 2.45) is 0 Å². The molecule has 0 unspecified atom stereocenters. The highest BCUT2D eigenvalue weighted by molar-refractivity contribution is 6.50. The Morgan fingerprint density at radius 1 is 0.680 bits per heavy atom. The molecule has 0 N–H and O–H groups in total. The van der Waals surface area contributed by atoms with Gasteiger partial charge in [0.25, 0.3) is 0 Å². The van der Waals surface area contributed by atoms with Gasteiger partial charge in [-0.15, -0.1) is 0 Å². The molecule has 0 bridgehead atoms. The van der Waals surface area contributed by atoms with Gasteiger partial charge in [0.15, 0.2) is 0 Å². The van der Waals surface area contributed by atoms with Crippen molar-refractivity contribution >= 4 is 21.8 Å². The molecule has 1 aliphatic heterocycles. The van der Waals surface area contributed by atoms with Gasteiger partial charge in [-0.3, -0.25) is 0 Å². The van der Waals surface area contributed by atoms with E-state index in [0.717, 1.165) is 13.2 Å². The summed E-state index contributed by atoms with van der Waals surface area (Å²) in [6.45, 7) is 8.32. The van der Waals surface area contributed by atoms with Crippen LogP contribution in [0.25, 0.3) is 0 Å². The van der Waals surface area contributed by atoms with Crippen LogP contribution in [0, 0.1) is 0 Å². The first-order valence-corrected chi connectivity index (χ1v) is 6.57. The Labute approximate surface area is 138 Å². The Morgan fingerprint density at radius 2 is 0.920 bits per heavy atom. The van der Waals surface area contributed by atoms with Gasteiger partial charge in [-0.05, 0) is 6.92 Å². The summed E-state index contributed by atoms with van der Waals surface area (Å²) in [7, 11) is -15.9. The topological polar surface area (TPSA) is 6.48 Å². The van der Waals surface area contributed by atoms with Crippen molar-refractivity contribution in [1.29, 1.82) is 0 Å². The van der Waals surface area contributed by atoms with Gasteiger partial charge in [0, 0.05) is 26.0 Å². The smallest absolute Gasteiger partial charge is 0.418 e. The molecule has 156 valence electrons. The third-order valence-corrected chi connectivity index (χ3v) is 1.34. The number of hydrogen-bond donors (Lipinski definition) is 0. The van der Waals surface area contributed by atoms with E-state index in [4.69, 9.17) is 0 Å². The SMILES string of the molecule is CC.CCN1C=CN(C)C1.F[B-](F)(F)F.F[B-](F)(F)F.F[B-](F)(F)F. The molecule has 0 saturated heterocycles. The summed E-state index contributed by atoms with van der Waals surface area (Å²) in [5.74, 6) is 0. The van der Waals surface area contributed by atoms with E-state index in [1.807, 2.05) is 13.8 Å². The zero-order valence-corrected chi connectivity index (χ0v) is 13.7. The first kappa shape index (κ1) is 31.5. The van der Waals surface area contributed by atoms with Crippen LogP contribution in [0.2, 0.25) is 0 Å². The summed E-state index contributed by atoms with van der Waals surface area (Å²) in [6.07, 6.45) is 4.20. The molecule has 0 aromatic carbocycles. The fraction of sp³-hybridized carbons (Fsp3) is 0.750. The van der Waals surface area contributed by atoms with E-state index in [1.165, 1.54) is 0 Å². The van der Waals surface area contributed by atoms with E-state index in [2.05, 4.69) is 36.2 Å². The Morgan fingerprint density at radius 3 is 1.00 bits per heavy atom. The van der Waals surface area contributed by atoms with Crippen molar-refractivity contribution in [3.05, 3.63) is 12.4 Å². The molecule has 25 heavy (non-hydrogen) atoms. The van der Waals surface area contributed by atoms with Crippen LogP contribution in [0.15, 0.2) is 12.4 Å². The standard InChI is InChI=1S/C6H12N2.C2H6.3BF4/c1-3-8-5-4-7(2)6-8;1-2;3*2-1(3,4)5/h4-5H,3,6H2,1-2H3;1-2H3;;;/q;;3*-1. The lowest BCUT2D eigenvalue weighted by molar-refractivity contribution is 0.308. The van der Waals surface area contributed by atoms with Gasteiger partial charge in [0.1, 0.15) is 0 Å². The average Bonchev–Trinajstić information content (AvgIpc) is 2.71. The molecule has 0 saturated carbocycles. The highest BCUT2D eigenvalue weighted by Crippen LogP contribution is 2.07. The minimum Gasteiger partial charge on any atom is -0.418 e. The number of hydrogen-bond acceptors (Lipinski definition) is 2. The molecule has 17 heteroatoms. The maximum atomic E-state index is 9.75. The Bertz CT molecular complexity index is 270. The number of nitrogens with zero attached hydrogens (tertiary/aromatic N) is 2. The fourth-order valence-corrected chi connectivity index (χ4v) is 0.794. The second-order valence-corrected chi connectivity index (χ2v) is 3.59. The predicted molar refractivity (Wildman–Crippen MR) is 76.1 cm³/mol. The Kier molecular flexibility index (Phi) is 18.9. The summed E-state index contributed by atoms with van der Waals surface area (Å²) in [4.78, 5) is 4.41. The highest BCUT2D eigenvalue weighted by atomic mass is 19.5. The van der Waals surface area contributed by atoms with E-state index in [-0.39, 0.29) is 0 Å². The van der Waals surface area contributed by atoms with Crippen molar-refractivity contribution < 1.29 is 51.8 Å². The Balaban J connectivity index is -0.000000117. The molecule has 1 rings (SSSR count). The van der Waals surface area contributed by atoms with E-state index >= 15 is 0 Å². The zero-order valence-electron chi connectivity index (χ0n) is 13.7. The van der Waals surface area contributed by atoms with Crippen LogP contribution < -0.4 is 0 Å². The second kappa shape index (κ2) is 15.0. The van der Waals surface area contributed by atoms with Crippen molar-refractivity contribution in [2.75, 3.05) is 20.3 Å². The summed E-state index contributed by atoms with van der Waals surface area (Å²) in [5.41, 5.74) is 0. The maximum Gasteiger partial charge on any atom is 0.673 e. The van der Waals surface area contributed by atoms with Gasteiger partial charge in [-0.1, -0.05) is 13.8 Å². The molecule has 0 aromatic heterocycles. The molecule has 0 aromatic rings. The predicted octanol–water partition coefficient (Wildman–Crippen LogP) is 5.61. The summed E-state index contributed by atoms with van der Waals surface area (Å²) >= 11 is 0. The van der Waals surface area contributed by atoms with Gasteiger partial charge < -0.3 is 61.6 Å². The molecule has 1 heterocycles. The van der Waals surface area contributed by atoms with Crippen molar-refractivity contribution in [2.45, 2.75) is 20.8 Å². The van der Waals surface area contributed by atoms with Gasteiger partial charge in [0.2, 0.25) is 0 Å². The quantitative estimate of drug-likeness (QED) is 0.415. The third kappa shape index (κ3) is 103. The number of halogens is 12. The first-order chi connectivity index (χ1) is 10.8. The van der Waals surface area contributed by atoms with E-state index in [9.17, 15) is 51.8 Å². The lowest BCUT2D eigenvalue weighted by Crippen LogP contribution is -2.21. The molecule has 0 aliphatic carbocycles. The summed E-state index contributed by atoms with van der Waals surface area (Å²) < 4.78 is 117. The summed E-state index contributed by atoms with van der Waals surface area (Å²) in [6, 6.07) is 0.